The van der Waals surface area contributed by atoms with Gasteiger partial charge in [0.1, 0.15) is 15.9 Å². The molecule has 1 aliphatic carbocycles. The maximum Gasteiger partial charge on any atom is 0.343 e. The quantitative estimate of drug-likeness (QED) is 0.157. The van der Waals surface area contributed by atoms with E-state index in [0.717, 1.165) is 38.5 Å². The number of nitrogens with zero attached hydrogens (tertiary/aromatic N) is 2. The first-order chi connectivity index (χ1) is 16.4. The van der Waals surface area contributed by atoms with Crippen molar-refractivity contribution in [3.63, 3.8) is 0 Å². The summed E-state index contributed by atoms with van der Waals surface area (Å²) in [5, 5.41) is 0.279. The Morgan fingerprint density at radius 2 is 1.97 bits per heavy atom. The minimum Gasteiger partial charge on any atom is -0.490 e. The number of aromatic nitrogens is 2. The zero-order chi connectivity index (χ0) is 24.6. The van der Waals surface area contributed by atoms with E-state index in [1.807, 2.05) is 4.57 Å². The van der Waals surface area contributed by atoms with Gasteiger partial charge in [-0.1, -0.05) is 30.9 Å². The summed E-state index contributed by atoms with van der Waals surface area (Å²) in [5.74, 6) is 0.419. The van der Waals surface area contributed by atoms with Crippen molar-refractivity contribution in [1.82, 2.24) is 9.55 Å². The van der Waals surface area contributed by atoms with E-state index in [2.05, 4.69) is 27.6 Å². The number of esters is 1. The molecule has 3 rings (SSSR count). The van der Waals surface area contributed by atoms with Gasteiger partial charge in [-0.05, 0) is 42.4 Å². The molecule has 10 heteroatoms. The molecule has 0 amide bonds. The molecular weight excluding hydrogens is 575 g/mol. The van der Waals surface area contributed by atoms with Crippen molar-refractivity contribution in [2.45, 2.75) is 51.0 Å². The number of pyridine rings is 2. The molecule has 34 heavy (non-hydrogen) atoms. The van der Waals surface area contributed by atoms with Gasteiger partial charge in [0.25, 0.3) is 0 Å². The van der Waals surface area contributed by atoms with Crippen molar-refractivity contribution in [3.8, 4) is 11.5 Å². The second-order valence-corrected chi connectivity index (χ2v) is 9.57. The zero-order valence-corrected chi connectivity index (χ0v) is 22.4. The second kappa shape index (κ2) is 12.7. The highest BCUT2D eigenvalue weighted by Gasteiger charge is 2.35. The fourth-order valence-corrected chi connectivity index (χ4v) is 4.95. The lowest BCUT2D eigenvalue weighted by Gasteiger charge is -2.39. The summed E-state index contributed by atoms with van der Waals surface area (Å²) in [7, 11) is 1.64. The van der Waals surface area contributed by atoms with Crippen molar-refractivity contribution in [2.24, 2.45) is 0 Å². The normalized spacial score (nSPS) is 15.1. The maximum absolute atomic E-state index is 12.3. The Hall–Kier alpha value is -1.85. The third kappa shape index (κ3) is 6.63. The minimum absolute atomic E-state index is 0.0313. The smallest absolute Gasteiger partial charge is 0.343 e. The highest BCUT2D eigenvalue weighted by Crippen LogP contribution is 2.37. The van der Waals surface area contributed by atoms with Gasteiger partial charge < -0.3 is 23.5 Å². The van der Waals surface area contributed by atoms with E-state index in [-0.39, 0.29) is 22.8 Å². The zero-order valence-electron chi connectivity index (χ0n) is 19.5. The van der Waals surface area contributed by atoms with E-state index in [4.69, 9.17) is 30.5 Å². The van der Waals surface area contributed by atoms with Gasteiger partial charge in [-0.15, -0.1) is 0 Å². The fraction of sp³-hybridized carbons (Fsp3) is 0.542. The molecule has 1 fully saturated rings. The van der Waals surface area contributed by atoms with Crippen LogP contribution >= 0.6 is 34.2 Å². The molecule has 1 saturated carbocycles. The number of carbonyl (C=O) groups excluding carboxylic acids is 1. The van der Waals surface area contributed by atoms with Crippen molar-refractivity contribution in [2.75, 3.05) is 33.5 Å². The molecule has 0 spiro atoms. The summed E-state index contributed by atoms with van der Waals surface area (Å²) in [6.45, 7) is 3.31. The van der Waals surface area contributed by atoms with E-state index in [0.29, 0.717) is 35.0 Å². The van der Waals surface area contributed by atoms with Crippen LogP contribution in [0.5, 0.6) is 11.5 Å². The highest BCUT2D eigenvalue weighted by atomic mass is 127. The van der Waals surface area contributed by atoms with E-state index < -0.39 is 11.5 Å². The van der Waals surface area contributed by atoms with E-state index in [1.165, 1.54) is 6.07 Å². The SMILES string of the molecule is CCOC(=O)c1cn(C2(COc3cc(OCCCOC)c(Cl)nc3I)CCCCC2)ccc1=O. The number of rotatable bonds is 11. The average Bonchev–Trinajstić information content (AvgIpc) is 2.83. The fourth-order valence-electron chi connectivity index (χ4n) is 4.06. The predicted molar refractivity (Wildman–Crippen MR) is 137 cm³/mol. The summed E-state index contributed by atoms with van der Waals surface area (Å²) in [6.07, 6.45) is 8.95. The largest absolute Gasteiger partial charge is 0.490 e. The van der Waals surface area contributed by atoms with Crippen LogP contribution in [0, 0.1) is 3.70 Å². The molecule has 1 aliphatic rings. The Labute approximate surface area is 218 Å². The predicted octanol–water partition coefficient (Wildman–Crippen LogP) is 4.83. The molecule has 186 valence electrons. The van der Waals surface area contributed by atoms with Gasteiger partial charge in [0.15, 0.2) is 22.1 Å². The van der Waals surface area contributed by atoms with Crippen molar-refractivity contribution in [1.29, 1.82) is 0 Å². The van der Waals surface area contributed by atoms with Crippen LogP contribution in [0.4, 0.5) is 0 Å². The molecule has 0 unspecified atom stereocenters. The van der Waals surface area contributed by atoms with Crippen LogP contribution in [0.2, 0.25) is 5.15 Å². The Morgan fingerprint density at radius 3 is 2.68 bits per heavy atom. The van der Waals surface area contributed by atoms with E-state index in [9.17, 15) is 9.59 Å². The van der Waals surface area contributed by atoms with Crippen molar-refractivity contribution >= 4 is 40.2 Å². The van der Waals surface area contributed by atoms with Crippen LogP contribution < -0.4 is 14.9 Å². The van der Waals surface area contributed by atoms with E-state index in [1.54, 1.807) is 32.5 Å². The van der Waals surface area contributed by atoms with E-state index >= 15 is 0 Å². The average molecular weight is 605 g/mol. The summed E-state index contributed by atoms with van der Waals surface area (Å²) in [4.78, 5) is 29.0. The maximum atomic E-state index is 12.3. The van der Waals surface area contributed by atoms with Crippen LogP contribution in [-0.2, 0) is 15.0 Å². The second-order valence-electron chi connectivity index (χ2n) is 8.19. The molecule has 2 heterocycles. The monoisotopic (exact) mass is 604 g/mol. The molecule has 2 aromatic heterocycles. The molecular formula is C24H30ClIN2O6. The molecule has 0 radical (unpaired) electrons. The third-order valence-electron chi connectivity index (χ3n) is 5.86. The van der Waals surface area contributed by atoms with Crippen LogP contribution in [0.25, 0.3) is 0 Å². The van der Waals surface area contributed by atoms with Gasteiger partial charge in [-0.25, -0.2) is 9.78 Å². The summed E-state index contributed by atoms with van der Waals surface area (Å²) < 4.78 is 24.7. The van der Waals surface area contributed by atoms with Crippen LogP contribution in [-0.4, -0.2) is 49.1 Å². The van der Waals surface area contributed by atoms with Crippen molar-refractivity contribution < 1.29 is 23.7 Å². The highest BCUT2D eigenvalue weighted by molar-refractivity contribution is 14.1. The first-order valence-corrected chi connectivity index (χ1v) is 12.9. The van der Waals surface area contributed by atoms with Crippen LogP contribution in [0.1, 0.15) is 55.8 Å². The number of hydrogen-bond acceptors (Lipinski definition) is 7. The van der Waals surface area contributed by atoms with Gasteiger partial charge >= 0.3 is 5.97 Å². The molecule has 8 nitrogen and oxygen atoms in total. The van der Waals surface area contributed by atoms with Crippen LogP contribution in [0.3, 0.4) is 0 Å². The lowest BCUT2D eigenvalue weighted by atomic mass is 9.81. The molecule has 0 atom stereocenters. The minimum atomic E-state index is -0.611. The Bertz CT molecular complexity index is 1040. The lowest BCUT2D eigenvalue weighted by molar-refractivity contribution is 0.0520. The van der Waals surface area contributed by atoms with Gasteiger partial charge in [0, 0.05) is 44.7 Å². The molecule has 0 saturated heterocycles. The Kier molecular flexibility index (Phi) is 10.0. The molecule has 0 N–H and O–H groups in total. The number of carbonyl (C=O) groups is 1. The molecule has 0 aromatic carbocycles. The molecule has 0 bridgehead atoms. The first kappa shape index (κ1) is 26.7. The first-order valence-electron chi connectivity index (χ1n) is 11.4. The Morgan fingerprint density at radius 1 is 1.21 bits per heavy atom. The standard InChI is InChI=1S/C24H30ClIN2O6/c1-3-32-23(30)17-15-28(11-8-18(17)29)24(9-5-4-6-10-24)16-34-20-14-19(21(25)27-22(20)26)33-13-7-12-31-2/h8,11,14-15H,3-7,9-10,12-13,16H2,1-2H3. The topological polar surface area (TPSA) is 88.9 Å². The van der Waals surface area contributed by atoms with Gasteiger partial charge in [0.2, 0.25) is 0 Å². The van der Waals surface area contributed by atoms with Gasteiger partial charge in [-0.2, -0.15) is 0 Å². The lowest BCUT2D eigenvalue weighted by Crippen LogP contribution is -2.42. The third-order valence-corrected chi connectivity index (χ3v) is 6.90. The summed E-state index contributed by atoms with van der Waals surface area (Å²) in [6, 6.07) is 3.18. The van der Waals surface area contributed by atoms with Gasteiger partial charge in [-0.3, -0.25) is 4.79 Å². The number of hydrogen-bond donors (Lipinski definition) is 0. The Balaban J connectivity index is 1.85. The number of halogens is 2. The van der Waals surface area contributed by atoms with Crippen LogP contribution in [0.15, 0.2) is 29.3 Å². The summed E-state index contributed by atoms with van der Waals surface area (Å²) in [5.41, 5.74) is -0.729. The molecule has 2 aromatic rings. The number of methoxy groups -OCH3 is 1. The summed E-state index contributed by atoms with van der Waals surface area (Å²) >= 11 is 8.36. The number of ether oxygens (including phenoxy) is 4. The van der Waals surface area contributed by atoms with Gasteiger partial charge in [0.05, 0.1) is 18.8 Å². The van der Waals surface area contributed by atoms with Crippen molar-refractivity contribution in [3.05, 3.63) is 49.2 Å². The molecule has 0 aliphatic heterocycles.